The van der Waals surface area contributed by atoms with Crippen molar-refractivity contribution in [2.24, 2.45) is 35.5 Å². The summed E-state index contributed by atoms with van der Waals surface area (Å²) in [6.07, 6.45) is 2.85. The highest BCUT2D eigenvalue weighted by molar-refractivity contribution is 4.92. The maximum Gasteiger partial charge on any atom is -0.00172 e. The molecule has 6 unspecified atom stereocenters. The molecule has 2 saturated carbocycles. The second kappa shape index (κ2) is 10.7. The van der Waals surface area contributed by atoms with E-state index in [2.05, 4.69) is 49.0 Å². The molecule has 0 aromatic rings. The van der Waals surface area contributed by atoms with Gasteiger partial charge in [-0.1, -0.05) is 27.7 Å². The first kappa shape index (κ1) is 20.2. The van der Waals surface area contributed by atoms with Crippen molar-refractivity contribution in [2.45, 2.75) is 40.5 Å². The van der Waals surface area contributed by atoms with Crippen molar-refractivity contribution in [1.29, 1.82) is 0 Å². The van der Waals surface area contributed by atoms with Gasteiger partial charge in [0, 0.05) is 0 Å². The normalized spacial score (nSPS) is 31.0. The Morgan fingerprint density at radius 3 is 1.54 bits per heavy atom. The molecule has 4 nitrogen and oxygen atoms in total. The van der Waals surface area contributed by atoms with Gasteiger partial charge in [0.2, 0.25) is 0 Å². The fourth-order valence-corrected chi connectivity index (χ4v) is 3.68. The molecule has 0 heterocycles. The lowest BCUT2D eigenvalue weighted by Gasteiger charge is -2.20. The molecular weight excluding hydrogens is 296 g/mol. The SMILES string of the molecule is CCNCC(C)C(C)CNCC1CC1CNCC1CC1CNCC. The molecule has 0 saturated heterocycles. The van der Waals surface area contributed by atoms with Crippen LogP contribution in [0.1, 0.15) is 40.5 Å². The highest BCUT2D eigenvalue weighted by Gasteiger charge is 2.38. The molecule has 0 radical (unpaired) electrons. The van der Waals surface area contributed by atoms with E-state index < -0.39 is 0 Å². The summed E-state index contributed by atoms with van der Waals surface area (Å²) in [5, 5.41) is 14.4. The van der Waals surface area contributed by atoms with Crippen LogP contribution in [0.4, 0.5) is 0 Å². The van der Waals surface area contributed by atoms with Gasteiger partial charge in [-0.3, -0.25) is 0 Å². The van der Waals surface area contributed by atoms with E-state index in [9.17, 15) is 0 Å². The zero-order chi connectivity index (χ0) is 17.4. The molecule has 0 aliphatic heterocycles. The lowest BCUT2D eigenvalue weighted by Crippen LogP contribution is -2.32. The van der Waals surface area contributed by atoms with E-state index in [4.69, 9.17) is 0 Å². The van der Waals surface area contributed by atoms with Crippen molar-refractivity contribution in [3.8, 4) is 0 Å². The minimum absolute atomic E-state index is 0.753. The Bertz CT molecular complexity index is 336. The number of hydrogen-bond donors (Lipinski definition) is 4. The van der Waals surface area contributed by atoms with Crippen LogP contribution < -0.4 is 21.3 Å². The second-order valence-corrected chi connectivity index (χ2v) is 8.40. The van der Waals surface area contributed by atoms with E-state index in [1.165, 1.54) is 39.0 Å². The first-order chi connectivity index (χ1) is 11.7. The summed E-state index contributed by atoms with van der Waals surface area (Å²) in [6, 6.07) is 0. The van der Waals surface area contributed by atoms with Crippen LogP contribution >= 0.6 is 0 Å². The summed E-state index contributed by atoms with van der Waals surface area (Å²) in [7, 11) is 0. The molecule has 2 aliphatic rings. The molecule has 0 aromatic carbocycles. The standard InChI is InChI=1S/C20H42N4/c1-5-21-9-15(3)16(4)10-23-12-18-8-20(18)14-24-13-19-7-17(19)11-22-6-2/h15-24H,5-14H2,1-4H3. The van der Waals surface area contributed by atoms with E-state index in [0.29, 0.717) is 0 Å². The Balaban J connectivity index is 1.41. The minimum atomic E-state index is 0.753. The van der Waals surface area contributed by atoms with Crippen molar-refractivity contribution in [2.75, 3.05) is 52.4 Å². The molecule has 0 aromatic heterocycles. The first-order valence-corrected chi connectivity index (χ1v) is 10.5. The fourth-order valence-electron chi connectivity index (χ4n) is 3.68. The molecule has 6 atom stereocenters. The monoisotopic (exact) mass is 338 g/mol. The molecule has 4 heteroatoms. The molecule has 0 spiro atoms. The molecule has 2 fully saturated rings. The van der Waals surface area contributed by atoms with Gasteiger partial charge in [0.25, 0.3) is 0 Å². The van der Waals surface area contributed by atoms with Crippen molar-refractivity contribution < 1.29 is 0 Å². The van der Waals surface area contributed by atoms with Crippen molar-refractivity contribution in [1.82, 2.24) is 21.3 Å². The lowest BCUT2D eigenvalue weighted by molar-refractivity contribution is 0.350. The highest BCUT2D eigenvalue weighted by atomic mass is 14.9. The van der Waals surface area contributed by atoms with Crippen LogP contribution in [-0.2, 0) is 0 Å². The molecule has 24 heavy (non-hydrogen) atoms. The van der Waals surface area contributed by atoms with Crippen molar-refractivity contribution in [3.63, 3.8) is 0 Å². The van der Waals surface area contributed by atoms with Crippen LogP contribution in [0.5, 0.6) is 0 Å². The maximum atomic E-state index is 3.72. The molecule has 0 amide bonds. The third-order valence-electron chi connectivity index (χ3n) is 6.17. The van der Waals surface area contributed by atoms with Crippen LogP contribution in [0, 0.1) is 35.5 Å². The second-order valence-electron chi connectivity index (χ2n) is 8.40. The van der Waals surface area contributed by atoms with Gasteiger partial charge in [0.15, 0.2) is 0 Å². The Hall–Kier alpha value is -0.160. The predicted molar refractivity (Wildman–Crippen MR) is 104 cm³/mol. The Labute approximate surface area is 150 Å². The van der Waals surface area contributed by atoms with E-state index >= 15 is 0 Å². The van der Waals surface area contributed by atoms with Crippen LogP contribution in [0.15, 0.2) is 0 Å². The summed E-state index contributed by atoms with van der Waals surface area (Å²) in [4.78, 5) is 0. The van der Waals surface area contributed by atoms with E-state index in [-0.39, 0.29) is 0 Å². The third kappa shape index (κ3) is 7.38. The van der Waals surface area contributed by atoms with Gasteiger partial charge in [0.1, 0.15) is 0 Å². The molecule has 0 bridgehead atoms. The maximum absolute atomic E-state index is 3.72. The molecule has 4 N–H and O–H groups in total. The molecule has 2 rings (SSSR count). The topological polar surface area (TPSA) is 48.1 Å². The van der Waals surface area contributed by atoms with Gasteiger partial charge in [-0.05, 0) is 101 Å². The van der Waals surface area contributed by atoms with Gasteiger partial charge >= 0.3 is 0 Å². The number of hydrogen-bond acceptors (Lipinski definition) is 4. The van der Waals surface area contributed by atoms with E-state index in [1.807, 2.05) is 0 Å². The summed E-state index contributed by atoms with van der Waals surface area (Å²) < 4.78 is 0. The van der Waals surface area contributed by atoms with E-state index in [1.54, 1.807) is 0 Å². The zero-order valence-corrected chi connectivity index (χ0v) is 16.5. The van der Waals surface area contributed by atoms with E-state index in [0.717, 1.165) is 61.7 Å². The fraction of sp³-hybridized carbons (Fsp3) is 1.00. The number of nitrogens with one attached hydrogen (secondary N) is 4. The Morgan fingerprint density at radius 1 is 0.625 bits per heavy atom. The largest absolute Gasteiger partial charge is 0.317 e. The smallest absolute Gasteiger partial charge is 0.00172 e. The summed E-state index contributed by atoms with van der Waals surface area (Å²) in [6.45, 7) is 18.5. The highest BCUT2D eigenvalue weighted by Crippen LogP contribution is 2.39. The summed E-state index contributed by atoms with van der Waals surface area (Å²) in [5.74, 6) is 5.24. The quantitative estimate of drug-likeness (QED) is 0.368. The number of rotatable bonds is 15. The van der Waals surface area contributed by atoms with Gasteiger partial charge in [-0.2, -0.15) is 0 Å². The first-order valence-electron chi connectivity index (χ1n) is 10.5. The van der Waals surface area contributed by atoms with Crippen LogP contribution in [0.2, 0.25) is 0 Å². The molecule has 2 aliphatic carbocycles. The van der Waals surface area contributed by atoms with Crippen molar-refractivity contribution in [3.05, 3.63) is 0 Å². The van der Waals surface area contributed by atoms with Gasteiger partial charge in [0.05, 0.1) is 0 Å². The molecule has 142 valence electrons. The summed E-state index contributed by atoms with van der Waals surface area (Å²) in [5.41, 5.74) is 0. The predicted octanol–water partition coefficient (Wildman–Crippen LogP) is 1.93. The van der Waals surface area contributed by atoms with Gasteiger partial charge in [-0.15, -0.1) is 0 Å². The molecular formula is C20H42N4. The van der Waals surface area contributed by atoms with Gasteiger partial charge < -0.3 is 21.3 Å². The zero-order valence-electron chi connectivity index (χ0n) is 16.5. The average molecular weight is 339 g/mol. The average Bonchev–Trinajstić information content (AvgIpc) is 3.48. The minimum Gasteiger partial charge on any atom is -0.317 e. The van der Waals surface area contributed by atoms with Crippen LogP contribution in [-0.4, -0.2) is 52.4 Å². The van der Waals surface area contributed by atoms with Crippen LogP contribution in [0.25, 0.3) is 0 Å². The van der Waals surface area contributed by atoms with Crippen LogP contribution in [0.3, 0.4) is 0 Å². The Morgan fingerprint density at radius 2 is 1.04 bits per heavy atom. The summed E-state index contributed by atoms with van der Waals surface area (Å²) >= 11 is 0. The Kier molecular flexibility index (Phi) is 9.02. The third-order valence-corrected chi connectivity index (χ3v) is 6.17. The lowest BCUT2D eigenvalue weighted by atomic mass is 9.96. The van der Waals surface area contributed by atoms with Crippen molar-refractivity contribution >= 4 is 0 Å². The van der Waals surface area contributed by atoms with Gasteiger partial charge in [-0.25, -0.2) is 0 Å².